The minimum absolute atomic E-state index is 0. The topological polar surface area (TPSA) is 65.5 Å². The molecule has 0 saturated carbocycles. The van der Waals surface area contributed by atoms with Gasteiger partial charge in [-0.3, -0.25) is 9.79 Å². The van der Waals surface area contributed by atoms with Gasteiger partial charge in [0.15, 0.2) is 5.96 Å². The SMILES string of the molecule is CN=C(NCCNC(=O)c1cccc(C)c1)NCc1cccs1.I. The van der Waals surface area contributed by atoms with Crippen LogP contribution in [-0.4, -0.2) is 32.0 Å². The molecule has 2 aromatic rings. The van der Waals surface area contributed by atoms with E-state index >= 15 is 0 Å². The number of nitrogens with zero attached hydrogens (tertiary/aromatic N) is 1. The highest BCUT2D eigenvalue weighted by molar-refractivity contribution is 14.0. The molecule has 0 unspecified atom stereocenters. The van der Waals surface area contributed by atoms with Gasteiger partial charge >= 0.3 is 0 Å². The van der Waals surface area contributed by atoms with Crippen molar-refractivity contribution in [3.05, 3.63) is 57.8 Å². The molecule has 1 aromatic heterocycles. The standard InChI is InChI=1S/C17H22N4OS.HI/c1-13-5-3-6-14(11-13)16(22)19-8-9-20-17(18-2)21-12-15-7-4-10-23-15;/h3-7,10-11H,8-9,12H2,1-2H3,(H,19,22)(H2,18,20,21);1H. The summed E-state index contributed by atoms with van der Waals surface area (Å²) in [5.41, 5.74) is 1.76. The maximum absolute atomic E-state index is 12.0. The molecule has 3 N–H and O–H groups in total. The molecule has 2 rings (SSSR count). The van der Waals surface area contributed by atoms with E-state index in [2.05, 4.69) is 27.0 Å². The first-order valence-electron chi connectivity index (χ1n) is 7.51. The van der Waals surface area contributed by atoms with Crippen molar-refractivity contribution in [3.63, 3.8) is 0 Å². The summed E-state index contributed by atoms with van der Waals surface area (Å²) < 4.78 is 0. The molecule has 1 amide bonds. The predicted molar refractivity (Wildman–Crippen MR) is 111 cm³/mol. The number of nitrogens with one attached hydrogen (secondary N) is 3. The summed E-state index contributed by atoms with van der Waals surface area (Å²) in [5, 5.41) is 11.4. The molecule has 1 aromatic carbocycles. The van der Waals surface area contributed by atoms with E-state index in [0.717, 1.165) is 18.1 Å². The summed E-state index contributed by atoms with van der Waals surface area (Å²) in [6.45, 7) is 3.86. The molecule has 1 heterocycles. The van der Waals surface area contributed by atoms with Crippen LogP contribution >= 0.6 is 35.3 Å². The van der Waals surface area contributed by atoms with Crippen LogP contribution in [0.3, 0.4) is 0 Å². The number of aryl methyl sites for hydroxylation is 1. The van der Waals surface area contributed by atoms with E-state index in [-0.39, 0.29) is 29.9 Å². The van der Waals surface area contributed by atoms with Crippen LogP contribution in [0.2, 0.25) is 0 Å². The van der Waals surface area contributed by atoms with Crippen molar-refractivity contribution in [1.29, 1.82) is 0 Å². The van der Waals surface area contributed by atoms with E-state index < -0.39 is 0 Å². The summed E-state index contributed by atoms with van der Waals surface area (Å²) in [4.78, 5) is 17.4. The predicted octanol–water partition coefficient (Wildman–Crippen LogP) is 2.77. The Hall–Kier alpha value is -1.61. The fourth-order valence-electron chi connectivity index (χ4n) is 2.05. The molecule has 5 nitrogen and oxygen atoms in total. The summed E-state index contributed by atoms with van der Waals surface area (Å²) in [7, 11) is 1.73. The fourth-order valence-corrected chi connectivity index (χ4v) is 2.69. The first-order chi connectivity index (χ1) is 11.2. The van der Waals surface area contributed by atoms with Crippen LogP contribution in [0.1, 0.15) is 20.8 Å². The van der Waals surface area contributed by atoms with Crippen molar-refractivity contribution in [1.82, 2.24) is 16.0 Å². The van der Waals surface area contributed by atoms with Gasteiger partial charge in [-0.25, -0.2) is 0 Å². The van der Waals surface area contributed by atoms with Crippen molar-refractivity contribution in [3.8, 4) is 0 Å². The quantitative estimate of drug-likeness (QED) is 0.270. The number of halogens is 1. The van der Waals surface area contributed by atoms with Crippen LogP contribution in [0.5, 0.6) is 0 Å². The fraction of sp³-hybridized carbons (Fsp3) is 0.294. The van der Waals surface area contributed by atoms with Crippen LogP contribution in [0, 0.1) is 6.92 Å². The number of thiophene rings is 1. The largest absolute Gasteiger partial charge is 0.355 e. The highest BCUT2D eigenvalue weighted by Crippen LogP contribution is 2.07. The Bertz CT molecular complexity index is 658. The molecule has 7 heteroatoms. The number of carbonyl (C=O) groups excluding carboxylic acids is 1. The van der Waals surface area contributed by atoms with Gasteiger partial charge in [0.2, 0.25) is 0 Å². The lowest BCUT2D eigenvalue weighted by molar-refractivity contribution is 0.0954. The second-order valence-electron chi connectivity index (χ2n) is 5.06. The van der Waals surface area contributed by atoms with Gasteiger partial charge in [0, 0.05) is 30.6 Å². The zero-order chi connectivity index (χ0) is 16.5. The van der Waals surface area contributed by atoms with Gasteiger partial charge in [-0.15, -0.1) is 35.3 Å². The van der Waals surface area contributed by atoms with E-state index in [9.17, 15) is 4.79 Å². The Morgan fingerprint density at radius 2 is 1.92 bits per heavy atom. The van der Waals surface area contributed by atoms with Gasteiger partial charge in [-0.1, -0.05) is 23.8 Å². The first kappa shape index (κ1) is 20.4. The maximum Gasteiger partial charge on any atom is 0.251 e. The lowest BCUT2D eigenvalue weighted by Crippen LogP contribution is -2.41. The third-order valence-corrected chi connectivity index (χ3v) is 4.09. The number of benzene rings is 1. The van der Waals surface area contributed by atoms with Gasteiger partial charge in [-0.05, 0) is 30.5 Å². The zero-order valence-electron chi connectivity index (χ0n) is 13.8. The monoisotopic (exact) mass is 458 g/mol. The molecule has 0 aliphatic rings. The summed E-state index contributed by atoms with van der Waals surface area (Å²) in [6.07, 6.45) is 0. The summed E-state index contributed by atoms with van der Waals surface area (Å²) in [6, 6.07) is 11.7. The number of hydrogen-bond donors (Lipinski definition) is 3. The van der Waals surface area contributed by atoms with E-state index in [0.29, 0.717) is 18.7 Å². The van der Waals surface area contributed by atoms with Crippen molar-refractivity contribution < 1.29 is 4.79 Å². The van der Waals surface area contributed by atoms with Gasteiger partial charge in [0.1, 0.15) is 0 Å². The molecule has 24 heavy (non-hydrogen) atoms. The number of aliphatic imine (C=N–C) groups is 1. The Labute approximate surface area is 164 Å². The van der Waals surface area contributed by atoms with Gasteiger partial charge in [0.25, 0.3) is 5.91 Å². The highest BCUT2D eigenvalue weighted by atomic mass is 127. The molecule has 0 radical (unpaired) electrons. The van der Waals surface area contributed by atoms with E-state index in [1.807, 2.05) is 42.6 Å². The molecule has 0 spiro atoms. The van der Waals surface area contributed by atoms with Crippen molar-refractivity contribution in [2.24, 2.45) is 4.99 Å². The summed E-state index contributed by atoms with van der Waals surface area (Å²) >= 11 is 1.70. The third kappa shape index (κ3) is 6.88. The van der Waals surface area contributed by atoms with E-state index in [4.69, 9.17) is 0 Å². The number of carbonyl (C=O) groups is 1. The second-order valence-corrected chi connectivity index (χ2v) is 6.09. The Balaban J connectivity index is 0.00000288. The normalized spacial score (nSPS) is 10.7. The van der Waals surface area contributed by atoms with Crippen LogP contribution in [-0.2, 0) is 6.54 Å². The molecule has 0 bridgehead atoms. The van der Waals surface area contributed by atoms with Crippen LogP contribution in [0.25, 0.3) is 0 Å². The Morgan fingerprint density at radius 3 is 2.58 bits per heavy atom. The average molecular weight is 458 g/mol. The number of amides is 1. The smallest absolute Gasteiger partial charge is 0.251 e. The van der Waals surface area contributed by atoms with E-state index in [1.54, 1.807) is 18.4 Å². The molecular formula is C17H23IN4OS. The summed E-state index contributed by atoms with van der Waals surface area (Å²) in [5.74, 6) is 0.667. The maximum atomic E-state index is 12.0. The average Bonchev–Trinajstić information content (AvgIpc) is 3.07. The Morgan fingerprint density at radius 1 is 1.12 bits per heavy atom. The zero-order valence-corrected chi connectivity index (χ0v) is 17.0. The van der Waals surface area contributed by atoms with Crippen molar-refractivity contribution in [2.45, 2.75) is 13.5 Å². The molecule has 0 fully saturated rings. The van der Waals surface area contributed by atoms with Crippen LogP contribution in [0.4, 0.5) is 0 Å². The first-order valence-corrected chi connectivity index (χ1v) is 8.39. The highest BCUT2D eigenvalue weighted by Gasteiger charge is 2.04. The number of rotatable bonds is 6. The minimum atomic E-state index is -0.0583. The molecule has 0 atom stereocenters. The minimum Gasteiger partial charge on any atom is -0.355 e. The molecule has 0 aliphatic heterocycles. The second kappa shape index (κ2) is 11.0. The third-order valence-electron chi connectivity index (χ3n) is 3.22. The van der Waals surface area contributed by atoms with Gasteiger partial charge in [-0.2, -0.15) is 0 Å². The van der Waals surface area contributed by atoms with Crippen molar-refractivity contribution in [2.75, 3.05) is 20.1 Å². The number of hydrogen-bond acceptors (Lipinski definition) is 3. The molecular weight excluding hydrogens is 435 g/mol. The lowest BCUT2D eigenvalue weighted by Gasteiger charge is -2.12. The van der Waals surface area contributed by atoms with Crippen LogP contribution in [0.15, 0.2) is 46.8 Å². The van der Waals surface area contributed by atoms with Crippen molar-refractivity contribution >= 4 is 47.2 Å². The van der Waals surface area contributed by atoms with Gasteiger partial charge < -0.3 is 16.0 Å². The number of guanidine groups is 1. The van der Waals surface area contributed by atoms with E-state index in [1.165, 1.54) is 4.88 Å². The van der Waals surface area contributed by atoms with Gasteiger partial charge in [0.05, 0.1) is 6.54 Å². The lowest BCUT2D eigenvalue weighted by atomic mass is 10.1. The Kier molecular flexibility index (Phi) is 9.39. The molecule has 0 aliphatic carbocycles. The van der Waals surface area contributed by atoms with Crippen LogP contribution < -0.4 is 16.0 Å². The molecule has 130 valence electrons. The molecule has 0 saturated heterocycles.